The van der Waals surface area contributed by atoms with Crippen molar-refractivity contribution in [3.05, 3.63) is 66.1 Å². The van der Waals surface area contributed by atoms with E-state index in [0.29, 0.717) is 17.5 Å². The Kier molecular flexibility index (Phi) is 4.97. The first-order valence-electron chi connectivity index (χ1n) is 8.62. The molecule has 0 aliphatic carbocycles. The molecule has 0 bridgehead atoms. The quantitative estimate of drug-likeness (QED) is 0.471. The Bertz CT molecular complexity index is 1040. The highest BCUT2D eigenvalue weighted by atomic mass is 32.2. The van der Waals surface area contributed by atoms with Crippen molar-refractivity contribution in [1.82, 2.24) is 29.9 Å². The number of aromatic nitrogens is 6. The summed E-state index contributed by atoms with van der Waals surface area (Å²) in [7, 11) is 0. The zero-order chi connectivity index (χ0) is 18.6. The van der Waals surface area contributed by atoms with Gasteiger partial charge >= 0.3 is 0 Å². The Balaban J connectivity index is 1.73. The molecule has 0 N–H and O–H groups in total. The molecule has 0 spiro atoms. The topological polar surface area (TPSA) is 82.5 Å². The second-order valence-electron chi connectivity index (χ2n) is 5.90. The fourth-order valence-electron chi connectivity index (χ4n) is 2.70. The molecule has 27 heavy (non-hydrogen) atoms. The highest BCUT2D eigenvalue weighted by molar-refractivity contribution is 7.98. The van der Waals surface area contributed by atoms with Crippen LogP contribution in [0.15, 0.2) is 58.4 Å². The van der Waals surface area contributed by atoms with Crippen molar-refractivity contribution >= 4 is 11.8 Å². The van der Waals surface area contributed by atoms with Crippen LogP contribution in [0.5, 0.6) is 0 Å². The van der Waals surface area contributed by atoms with Crippen LogP contribution in [0.1, 0.15) is 24.3 Å². The van der Waals surface area contributed by atoms with Gasteiger partial charge in [0.25, 0.3) is 0 Å². The number of rotatable bonds is 6. The Morgan fingerprint density at radius 1 is 0.963 bits per heavy atom. The molecule has 0 aliphatic heterocycles. The van der Waals surface area contributed by atoms with Gasteiger partial charge in [0.05, 0.1) is 11.4 Å². The third kappa shape index (κ3) is 3.61. The molecule has 4 aromatic rings. The first-order valence-corrected chi connectivity index (χ1v) is 9.60. The van der Waals surface area contributed by atoms with Gasteiger partial charge in [-0.15, -0.1) is 20.4 Å². The molecule has 0 fully saturated rings. The Hall–Kier alpha value is -3.00. The second-order valence-corrected chi connectivity index (χ2v) is 6.84. The van der Waals surface area contributed by atoms with Crippen molar-refractivity contribution in [2.45, 2.75) is 31.2 Å². The molecular weight excluding hydrogens is 360 g/mol. The van der Waals surface area contributed by atoms with Crippen LogP contribution in [0.2, 0.25) is 0 Å². The Morgan fingerprint density at radius 2 is 1.74 bits per heavy atom. The minimum absolute atomic E-state index is 0.535. The van der Waals surface area contributed by atoms with E-state index in [1.54, 1.807) is 12.4 Å². The van der Waals surface area contributed by atoms with Gasteiger partial charge in [-0.3, -0.25) is 9.55 Å². The van der Waals surface area contributed by atoms with Crippen LogP contribution in [0.4, 0.5) is 0 Å². The second kappa shape index (κ2) is 7.71. The van der Waals surface area contributed by atoms with E-state index >= 15 is 0 Å². The number of benzene rings is 1. The number of hydrogen-bond acceptors (Lipinski definition) is 7. The molecule has 0 radical (unpaired) electrons. The number of para-hydroxylation sites is 1. The van der Waals surface area contributed by atoms with E-state index in [1.165, 1.54) is 11.8 Å². The fraction of sp³-hybridized carbons (Fsp3) is 0.211. The van der Waals surface area contributed by atoms with Crippen LogP contribution in [0.25, 0.3) is 17.1 Å². The van der Waals surface area contributed by atoms with Gasteiger partial charge in [0.1, 0.15) is 0 Å². The van der Waals surface area contributed by atoms with Crippen molar-refractivity contribution in [3.8, 4) is 17.1 Å². The van der Waals surface area contributed by atoms with Crippen molar-refractivity contribution in [2.75, 3.05) is 0 Å². The van der Waals surface area contributed by atoms with E-state index in [0.717, 1.165) is 34.2 Å². The summed E-state index contributed by atoms with van der Waals surface area (Å²) in [6, 6.07) is 12.0. The normalized spacial score (nSPS) is 11.0. The van der Waals surface area contributed by atoms with Gasteiger partial charge in [0.2, 0.25) is 11.8 Å². The smallest absolute Gasteiger partial charge is 0.226 e. The molecule has 4 rings (SSSR count). The predicted octanol–water partition coefficient (Wildman–Crippen LogP) is 3.88. The summed E-state index contributed by atoms with van der Waals surface area (Å²) < 4.78 is 7.67. The third-order valence-corrected chi connectivity index (χ3v) is 4.98. The Labute approximate surface area is 160 Å². The fourth-order valence-corrected chi connectivity index (χ4v) is 3.48. The molecule has 8 heteroatoms. The molecule has 0 unspecified atom stereocenters. The molecule has 3 aromatic heterocycles. The van der Waals surface area contributed by atoms with E-state index in [4.69, 9.17) is 4.42 Å². The number of nitrogens with zero attached hydrogens (tertiary/aromatic N) is 6. The van der Waals surface area contributed by atoms with Gasteiger partial charge < -0.3 is 4.42 Å². The number of pyridine rings is 1. The maximum atomic E-state index is 5.61. The lowest BCUT2D eigenvalue weighted by Crippen LogP contribution is -2.02. The minimum Gasteiger partial charge on any atom is -0.424 e. The maximum Gasteiger partial charge on any atom is 0.226 e. The van der Waals surface area contributed by atoms with Gasteiger partial charge in [-0.2, -0.15) is 0 Å². The molecule has 0 saturated carbocycles. The number of thioether (sulfide) groups is 1. The zero-order valence-corrected chi connectivity index (χ0v) is 15.8. The largest absolute Gasteiger partial charge is 0.424 e. The van der Waals surface area contributed by atoms with Crippen molar-refractivity contribution in [2.24, 2.45) is 0 Å². The molecule has 7 nitrogen and oxygen atoms in total. The van der Waals surface area contributed by atoms with Crippen molar-refractivity contribution < 1.29 is 4.42 Å². The van der Waals surface area contributed by atoms with Crippen LogP contribution in [0, 0.1) is 6.92 Å². The standard InChI is InChI=1S/C19H18N6OS/c1-3-16-21-22-17(26-16)12-27-19-24-23-18(14-8-10-20-11-9-14)25(19)15-7-5-4-6-13(15)2/h4-11H,3,12H2,1-2H3. The molecule has 136 valence electrons. The van der Waals surface area contributed by atoms with Crippen molar-refractivity contribution in [1.29, 1.82) is 0 Å². The molecule has 1 aromatic carbocycles. The zero-order valence-electron chi connectivity index (χ0n) is 15.0. The molecule has 0 saturated heterocycles. The predicted molar refractivity (Wildman–Crippen MR) is 103 cm³/mol. The van der Waals surface area contributed by atoms with Crippen LogP contribution >= 0.6 is 11.8 Å². The van der Waals surface area contributed by atoms with Gasteiger partial charge in [0, 0.05) is 24.4 Å². The van der Waals surface area contributed by atoms with Crippen LogP contribution in [-0.4, -0.2) is 29.9 Å². The van der Waals surface area contributed by atoms with E-state index in [9.17, 15) is 0 Å². The van der Waals surface area contributed by atoms with E-state index in [1.807, 2.05) is 31.2 Å². The lowest BCUT2D eigenvalue weighted by molar-refractivity contribution is 0.470. The highest BCUT2D eigenvalue weighted by Gasteiger charge is 2.18. The summed E-state index contributed by atoms with van der Waals surface area (Å²) in [4.78, 5) is 4.09. The van der Waals surface area contributed by atoms with Gasteiger partial charge in [-0.25, -0.2) is 0 Å². The molecule has 0 atom stereocenters. The van der Waals surface area contributed by atoms with Gasteiger partial charge in [-0.1, -0.05) is 36.9 Å². The summed E-state index contributed by atoms with van der Waals surface area (Å²) in [5, 5.41) is 17.7. The summed E-state index contributed by atoms with van der Waals surface area (Å²) in [5.41, 5.74) is 3.13. The molecule has 0 aliphatic rings. The van der Waals surface area contributed by atoms with E-state index in [-0.39, 0.29) is 0 Å². The lowest BCUT2D eigenvalue weighted by atomic mass is 10.2. The van der Waals surface area contributed by atoms with Crippen LogP contribution in [0.3, 0.4) is 0 Å². The Morgan fingerprint density at radius 3 is 2.48 bits per heavy atom. The first-order chi connectivity index (χ1) is 13.3. The van der Waals surface area contributed by atoms with Gasteiger partial charge in [0.15, 0.2) is 11.0 Å². The summed E-state index contributed by atoms with van der Waals surface area (Å²) in [5.74, 6) is 2.53. The number of hydrogen-bond donors (Lipinski definition) is 0. The average molecular weight is 378 g/mol. The first kappa shape index (κ1) is 17.4. The summed E-state index contributed by atoms with van der Waals surface area (Å²) in [6.45, 7) is 4.06. The monoisotopic (exact) mass is 378 g/mol. The lowest BCUT2D eigenvalue weighted by Gasteiger charge is -2.12. The van der Waals surface area contributed by atoms with E-state index < -0.39 is 0 Å². The molecule has 0 amide bonds. The number of aryl methyl sites for hydroxylation is 2. The molecule has 3 heterocycles. The molecular formula is C19H18N6OS. The van der Waals surface area contributed by atoms with Crippen LogP contribution < -0.4 is 0 Å². The summed E-state index contributed by atoms with van der Waals surface area (Å²) in [6.07, 6.45) is 4.23. The average Bonchev–Trinajstić information content (AvgIpc) is 3.34. The third-order valence-electron chi connectivity index (χ3n) is 4.06. The highest BCUT2D eigenvalue weighted by Crippen LogP contribution is 2.30. The SMILES string of the molecule is CCc1nnc(CSc2nnc(-c3ccncc3)n2-c2ccccc2C)o1. The van der Waals surface area contributed by atoms with Crippen molar-refractivity contribution in [3.63, 3.8) is 0 Å². The van der Waals surface area contributed by atoms with Gasteiger partial charge in [-0.05, 0) is 30.7 Å². The minimum atomic E-state index is 0.535. The van der Waals surface area contributed by atoms with Crippen LogP contribution in [-0.2, 0) is 12.2 Å². The maximum absolute atomic E-state index is 5.61. The summed E-state index contributed by atoms with van der Waals surface area (Å²) >= 11 is 1.52. The van der Waals surface area contributed by atoms with E-state index in [2.05, 4.69) is 49.0 Å².